The van der Waals surface area contributed by atoms with Gasteiger partial charge in [-0.1, -0.05) is 74.6 Å². The summed E-state index contributed by atoms with van der Waals surface area (Å²) in [4.78, 5) is 48.3. The molecule has 5 heterocycles. The molecule has 0 radical (unpaired) electrons. The highest BCUT2D eigenvalue weighted by molar-refractivity contribution is 5.96. The zero-order valence-electron chi connectivity index (χ0n) is 24.8. The lowest BCUT2D eigenvalue weighted by Crippen LogP contribution is -2.75. The van der Waals surface area contributed by atoms with Gasteiger partial charge in [0.1, 0.15) is 5.66 Å². The van der Waals surface area contributed by atoms with Crippen LogP contribution in [0.3, 0.4) is 0 Å². The lowest BCUT2D eigenvalue weighted by Gasteiger charge is -2.64. The number of piperidine rings is 4. The SMILES string of the molecule is COC(=O)C(NC(=O)c1nc2ccccc2n(C23CC4CC(C[C@H](C2)N4C2CCCCCCC2)N3)c1=O)c1ccccc1. The van der Waals surface area contributed by atoms with Gasteiger partial charge in [-0.25, -0.2) is 9.78 Å². The topological polar surface area (TPSA) is 106 Å². The van der Waals surface area contributed by atoms with Gasteiger partial charge in [0, 0.05) is 37.0 Å². The first-order chi connectivity index (χ1) is 21.0. The van der Waals surface area contributed by atoms with Crippen molar-refractivity contribution in [2.45, 2.75) is 107 Å². The molecule has 4 saturated heterocycles. The summed E-state index contributed by atoms with van der Waals surface area (Å²) < 4.78 is 6.83. The van der Waals surface area contributed by atoms with Crippen LogP contribution in [0.15, 0.2) is 59.4 Å². The fraction of sp³-hybridized carbons (Fsp3) is 0.529. The van der Waals surface area contributed by atoms with Gasteiger partial charge in [0.2, 0.25) is 0 Å². The van der Waals surface area contributed by atoms with Crippen molar-refractivity contribution in [3.63, 3.8) is 0 Å². The van der Waals surface area contributed by atoms with E-state index in [1.807, 2.05) is 34.9 Å². The molecule has 5 aliphatic rings. The van der Waals surface area contributed by atoms with E-state index in [2.05, 4.69) is 20.5 Å². The van der Waals surface area contributed by atoms with Gasteiger partial charge in [0.05, 0.1) is 18.1 Å². The third-order valence-corrected chi connectivity index (χ3v) is 10.3. The molecule has 8 rings (SSSR count). The maximum atomic E-state index is 14.4. The largest absolute Gasteiger partial charge is 0.467 e. The molecule has 4 aliphatic heterocycles. The Hall–Kier alpha value is -3.56. The van der Waals surface area contributed by atoms with Gasteiger partial charge in [0.15, 0.2) is 11.7 Å². The van der Waals surface area contributed by atoms with Crippen molar-refractivity contribution < 1.29 is 14.3 Å². The van der Waals surface area contributed by atoms with Crippen molar-refractivity contribution in [1.29, 1.82) is 0 Å². The van der Waals surface area contributed by atoms with Gasteiger partial charge < -0.3 is 10.1 Å². The van der Waals surface area contributed by atoms with Crippen molar-refractivity contribution in [3.8, 4) is 0 Å². The fourth-order valence-electron chi connectivity index (χ4n) is 8.67. The Balaban J connectivity index is 1.26. The van der Waals surface area contributed by atoms with E-state index in [0.29, 0.717) is 35.2 Å². The monoisotopic (exact) mass is 583 g/mol. The zero-order chi connectivity index (χ0) is 29.6. The molecule has 5 atom stereocenters. The number of nitrogens with one attached hydrogen (secondary N) is 2. The third-order valence-electron chi connectivity index (χ3n) is 10.3. The van der Waals surface area contributed by atoms with Gasteiger partial charge in [-0.3, -0.25) is 24.4 Å². The van der Waals surface area contributed by atoms with E-state index in [-0.39, 0.29) is 5.69 Å². The maximum Gasteiger partial charge on any atom is 0.333 e. The number of ether oxygens (including phenoxy) is 1. The number of para-hydroxylation sites is 2. The summed E-state index contributed by atoms with van der Waals surface area (Å²) in [5.41, 5.74) is 0.642. The van der Waals surface area contributed by atoms with Crippen molar-refractivity contribution in [2.75, 3.05) is 7.11 Å². The Kier molecular flexibility index (Phi) is 7.55. The first-order valence-electron chi connectivity index (χ1n) is 16.0. The first-order valence-corrected chi connectivity index (χ1v) is 16.0. The minimum Gasteiger partial charge on any atom is -0.467 e. The van der Waals surface area contributed by atoms with E-state index in [0.717, 1.165) is 31.2 Å². The number of carbonyl (C=O) groups is 2. The van der Waals surface area contributed by atoms with Crippen LogP contribution in [0.25, 0.3) is 11.0 Å². The highest BCUT2D eigenvalue weighted by Crippen LogP contribution is 2.49. The number of hydrogen-bond acceptors (Lipinski definition) is 7. The number of fused-ring (bicyclic) bond motifs is 1. The second-order valence-electron chi connectivity index (χ2n) is 12.9. The Morgan fingerprint density at radius 1 is 0.930 bits per heavy atom. The fourth-order valence-corrected chi connectivity index (χ4v) is 8.67. The van der Waals surface area contributed by atoms with Crippen LogP contribution in [0.4, 0.5) is 0 Å². The second-order valence-corrected chi connectivity index (χ2v) is 12.9. The predicted octanol–water partition coefficient (Wildman–Crippen LogP) is 4.40. The van der Waals surface area contributed by atoms with Gasteiger partial charge in [-0.15, -0.1) is 0 Å². The molecule has 5 fully saturated rings. The summed E-state index contributed by atoms with van der Waals surface area (Å²) in [7, 11) is 1.28. The third kappa shape index (κ3) is 5.06. The molecule has 1 aliphatic carbocycles. The van der Waals surface area contributed by atoms with Crippen molar-refractivity contribution in [3.05, 3.63) is 76.2 Å². The summed E-state index contributed by atoms with van der Waals surface area (Å²) in [5, 5.41) is 6.64. The maximum absolute atomic E-state index is 14.4. The van der Waals surface area contributed by atoms with E-state index in [4.69, 9.17) is 4.74 Å². The highest BCUT2D eigenvalue weighted by Gasteiger charge is 2.57. The highest BCUT2D eigenvalue weighted by atomic mass is 16.5. The second kappa shape index (κ2) is 11.5. The molecule has 1 aromatic heterocycles. The number of carbonyl (C=O) groups excluding carboxylic acids is 2. The number of benzene rings is 2. The molecule has 2 aromatic carbocycles. The molecule has 9 heteroatoms. The smallest absolute Gasteiger partial charge is 0.333 e. The quantitative estimate of drug-likeness (QED) is 0.415. The molecule has 0 spiro atoms. The van der Waals surface area contributed by atoms with Crippen LogP contribution in [0.2, 0.25) is 0 Å². The van der Waals surface area contributed by atoms with Crippen LogP contribution >= 0.6 is 0 Å². The minimum atomic E-state index is -1.06. The minimum absolute atomic E-state index is 0.210. The van der Waals surface area contributed by atoms with Crippen molar-refractivity contribution in [1.82, 2.24) is 25.1 Å². The standard InChI is InChI=1S/C34H41N5O4/c1-43-33(42)29(22-12-6-5-7-13-22)36-31(40)30-32(41)39(28-17-11-10-16-27(28)35-30)34-20-25-18-23(37-34)19-26(21-34)38(25)24-14-8-3-2-4-9-15-24/h5-7,10-13,16-17,23-26,29,37H,2-4,8-9,14-15,18-21H2,1H3,(H,36,40)/t23?,25-,26?,29?,34?/m1/s1. The number of amides is 1. The molecule has 226 valence electrons. The zero-order valence-corrected chi connectivity index (χ0v) is 24.8. The molecular weight excluding hydrogens is 542 g/mol. The lowest BCUT2D eigenvalue weighted by atomic mass is 9.69. The summed E-state index contributed by atoms with van der Waals surface area (Å²) in [6.45, 7) is 0. The number of nitrogens with zero attached hydrogens (tertiary/aromatic N) is 3. The van der Waals surface area contributed by atoms with Crippen LogP contribution in [0.5, 0.6) is 0 Å². The van der Waals surface area contributed by atoms with E-state index >= 15 is 0 Å². The Labute approximate surface area is 252 Å². The summed E-state index contributed by atoms with van der Waals surface area (Å²) in [5.74, 6) is -1.30. The van der Waals surface area contributed by atoms with E-state index in [1.54, 1.807) is 24.3 Å². The Bertz CT molecular complexity index is 1550. The molecule has 43 heavy (non-hydrogen) atoms. The van der Waals surface area contributed by atoms with Crippen LogP contribution in [0.1, 0.15) is 92.7 Å². The molecule has 4 bridgehead atoms. The Morgan fingerprint density at radius 2 is 1.58 bits per heavy atom. The van der Waals surface area contributed by atoms with Crippen LogP contribution in [-0.2, 0) is 15.2 Å². The van der Waals surface area contributed by atoms with E-state index in [9.17, 15) is 14.4 Å². The molecular formula is C34H41N5O4. The van der Waals surface area contributed by atoms with Gasteiger partial charge >= 0.3 is 5.97 Å². The van der Waals surface area contributed by atoms with Crippen molar-refractivity contribution in [2.24, 2.45) is 0 Å². The molecule has 4 unspecified atom stereocenters. The van der Waals surface area contributed by atoms with Gasteiger partial charge in [-0.05, 0) is 43.4 Å². The number of esters is 1. The van der Waals surface area contributed by atoms with Gasteiger partial charge in [0.25, 0.3) is 11.5 Å². The average Bonchev–Trinajstić information content (AvgIpc) is 2.99. The van der Waals surface area contributed by atoms with E-state index in [1.165, 1.54) is 52.1 Å². The predicted molar refractivity (Wildman–Crippen MR) is 164 cm³/mol. The number of methoxy groups -OCH3 is 1. The number of rotatable bonds is 6. The molecule has 2 N–H and O–H groups in total. The molecule has 1 saturated carbocycles. The number of aromatic nitrogens is 2. The first kappa shape index (κ1) is 28.2. The lowest BCUT2D eigenvalue weighted by molar-refractivity contribution is -0.143. The normalized spacial score (nSPS) is 28.3. The Morgan fingerprint density at radius 3 is 2.28 bits per heavy atom. The number of hydrogen-bond donors (Lipinski definition) is 2. The molecule has 3 aromatic rings. The van der Waals surface area contributed by atoms with Crippen LogP contribution < -0.4 is 16.2 Å². The summed E-state index contributed by atoms with van der Waals surface area (Å²) >= 11 is 0. The van der Waals surface area contributed by atoms with Gasteiger partial charge in [-0.2, -0.15) is 0 Å². The van der Waals surface area contributed by atoms with Crippen LogP contribution in [-0.4, -0.2) is 57.6 Å². The molecule has 9 nitrogen and oxygen atoms in total. The average molecular weight is 584 g/mol. The molecule has 1 amide bonds. The van der Waals surface area contributed by atoms with E-state index < -0.39 is 29.1 Å². The van der Waals surface area contributed by atoms with Crippen LogP contribution in [0, 0.1) is 0 Å². The summed E-state index contributed by atoms with van der Waals surface area (Å²) in [6, 6.07) is 17.2. The summed E-state index contributed by atoms with van der Waals surface area (Å²) in [6.07, 6.45) is 13.0. The van der Waals surface area contributed by atoms with Crippen molar-refractivity contribution >= 4 is 22.9 Å².